The summed E-state index contributed by atoms with van der Waals surface area (Å²) < 4.78 is 5.52. The van der Waals surface area contributed by atoms with E-state index in [0.29, 0.717) is 5.41 Å². The van der Waals surface area contributed by atoms with Crippen molar-refractivity contribution in [3.8, 4) is 5.75 Å². The van der Waals surface area contributed by atoms with Gasteiger partial charge in [0.1, 0.15) is 5.75 Å². The van der Waals surface area contributed by atoms with Crippen LogP contribution in [0.1, 0.15) is 41.5 Å². The average Bonchev–Trinajstić information content (AvgIpc) is 2.33. The molecule has 0 saturated heterocycles. The van der Waals surface area contributed by atoms with Crippen LogP contribution in [0, 0.1) is 26.2 Å². The summed E-state index contributed by atoms with van der Waals surface area (Å²) in [5.74, 6) is 1.05. The van der Waals surface area contributed by atoms with Gasteiger partial charge in [-0.25, -0.2) is 0 Å². The van der Waals surface area contributed by atoms with Gasteiger partial charge in [0.2, 0.25) is 0 Å². The Balaban J connectivity index is 2.30. The Bertz CT molecular complexity index is 461. The first-order chi connectivity index (χ1) is 9.03. The number of aryl methyl sites for hydroxylation is 1. The molecule has 2 heteroatoms. The molecule has 1 aliphatic carbocycles. The Morgan fingerprint density at radius 3 is 2.37 bits per heavy atom. The molecule has 0 aliphatic heterocycles. The van der Waals surface area contributed by atoms with Gasteiger partial charge in [-0.15, -0.1) is 0 Å². The topological polar surface area (TPSA) is 21.3 Å². The molecule has 1 aromatic carbocycles. The molecule has 0 heterocycles. The van der Waals surface area contributed by atoms with Gasteiger partial charge in [0, 0.05) is 6.54 Å². The third-order valence-corrected chi connectivity index (χ3v) is 4.87. The van der Waals surface area contributed by atoms with E-state index in [1.807, 2.05) is 0 Å². The maximum atomic E-state index is 5.52. The SMILES string of the molecule is CNCC1(Cc2cc(C)c(OC)c(C)c2C)CCC1. The van der Waals surface area contributed by atoms with E-state index in [1.54, 1.807) is 7.11 Å². The first-order valence-electron chi connectivity index (χ1n) is 7.31. The highest BCUT2D eigenvalue weighted by molar-refractivity contribution is 5.49. The van der Waals surface area contributed by atoms with Crippen LogP contribution in [0.25, 0.3) is 0 Å². The first-order valence-corrected chi connectivity index (χ1v) is 7.31. The molecule has 19 heavy (non-hydrogen) atoms. The number of hydrogen-bond acceptors (Lipinski definition) is 2. The van der Waals surface area contributed by atoms with Crippen molar-refractivity contribution in [3.05, 3.63) is 28.3 Å². The molecule has 1 fully saturated rings. The third-order valence-electron chi connectivity index (χ3n) is 4.87. The minimum Gasteiger partial charge on any atom is -0.496 e. The Kier molecular flexibility index (Phi) is 4.19. The van der Waals surface area contributed by atoms with Crippen molar-refractivity contribution in [2.45, 2.75) is 46.5 Å². The zero-order valence-electron chi connectivity index (χ0n) is 13.0. The molecule has 0 amide bonds. The van der Waals surface area contributed by atoms with Crippen LogP contribution in [0.4, 0.5) is 0 Å². The van der Waals surface area contributed by atoms with Crippen molar-refractivity contribution in [2.24, 2.45) is 5.41 Å². The molecule has 0 radical (unpaired) electrons. The molecular formula is C17H27NO. The van der Waals surface area contributed by atoms with E-state index >= 15 is 0 Å². The van der Waals surface area contributed by atoms with Crippen molar-refractivity contribution in [1.29, 1.82) is 0 Å². The molecule has 1 aromatic rings. The Labute approximate surface area is 117 Å². The van der Waals surface area contributed by atoms with Crippen molar-refractivity contribution >= 4 is 0 Å². The van der Waals surface area contributed by atoms with Gasteiger partial charge in [-0.3, -0.25) is 0 Å². The normalized spacial score (nSPS) is 17.1. The monoisotopic (exact) mass is 261 g/mol. The van der Waals surface area contributed by atoms with Gasteiger partial charge in [0.15, 0.2) is 0 Å². The van der Waals surface area contributed by atoms with E-state index in [4.69, 9.17) is 4.74 Å². The van der Waals surface area contributed by atoms with E-state index < -0.39 is 0 Å². The number of methoxy groups -OCH3 is 1. The summed E-state index contributed by atoms with van der Waals surface area (Å²) in [6.07, 6.45) is 5.30. The van der Waals surface area contributed by atoms with Crippen LogP contribution in [0.15, 0.2) is 6.07 Å². The van der Waals surface area contributed by atoms with E-state index in [1.165, 1.54) is 47.9 Å². The van der Waals surface area contributed by atoms with Crippen molar-refractivity contribution in [3.63, 3.8) is 0 Å². The summed E-state index contributed by atoms with van der Waals surface area (Å²) in [4.78, 5) is 0. The van der Waals surface area contributed by atoms with E-state index in [9.17, 15) is 0 Å². The fraction of sp³-hybridized carbons (Fsp3) is 0.647. The highest BCUT2D eigenvalue weighted by atomic mass is 16.5. The predicted molar refractivity (Wildman–Crippen MR) is 81.1 cm³/mol. The summed E-state index contributed by atoms with van der Waals surface area (Å²) in [5, 5.41) is 3.38. The highest BCUT2D eigenvalue weighted by Gasteiger charge is 2.36. The van der Waals surface area contributed by atoms with Gasteiger partial charge in [0.25, 0.3) is 0 Å². The average molecular weight is 261 g/mol. The Hall–Kier alpha value is -1.02. The summed E-state index contributed by atoms with van der Waals surface area (Å²) in [6, 6.07) is 2.33. The number of hydrogen-bond donors (Lipinski definition) is 1. The zero-order chi connectivity index (χ0) is 14.0. The molecule has 2 nitrogen and oxygen atoms in total. The summed E-state index contributed by atoms with van der Waals surface area (Å²) in [5.41, 5.74) is 5.97. The minimum atomic E-state index is 0.493. The second-order valence-corrected chi connectivity index (χ2v) is 6.20. The number of benzene rings is 1. The summed E-state index contributed by atoms with van der Waals surface area (Å²) in [7, 11) is 3.83. The van der Waals surface area contributed by atoms with Gasteiger partial charge in [0.05, 0.1) is 7.11 Å². The maximum Gasteiger partial charge on any atom is 0.124 e. The van der Waals surface area contributed by atoms with Gasteiger partial charge < -0.3 is 10.1 Å². The van der Waals surface area contributed by atoms with Crippen molar-refractivity contribution in [1.82, 2.24) is 5.32 Å². The van der Waals surface area contributed by atoms with E-state index in [0.717, 1.165) is 12.3 Å². The number of ether oxygens (including phenoxy) is 1. The number of rotatable bonds is 5. The van der Waals surface area contributed by atoms with Crippen LogP contribution in [0.2, 0.25) is 0 Å². The van der Waals surface area contributed by atoms with Crippen LogP contribution in [0.5, 0.6) is 5.75 Å². The van der Waals surface area contributed by atoms with E-state index in [-0.39, 0.29) is 0 Å². The van der Waals surface area contributed by atoms with Gasteiger partial charge >= 0.3 is 0 Å². The predicted octanol–water partition coefficient (Wildman–Crippen LogP) is 3.55. The maximum absolute atomic E-state index is 5.52. The molecule has 0 unspecified atom stereocenters. The van der Waals surface area contributed by atoms with Crippen LogP contribution in [-0.4, -0.2) is 20.7 Å². The molecule has 1 aliphatic rings. The quantitative estimate of drug-likeness (QED) is 0.875. The summed E-state index contributed by atoms with van der Waals surface area (Å²) >= 11 is 0. The zero-order valence-corrected chi connectivity index (χ0v) is 13.0. The Morgan fingerprint density at radius 2 is 1.89 bits per heavy atom. The van der Waals surface area contributed by atoms with Crippen molar-refractivity contribution in [2.75, 3.05) is 20.7 Å². The first kappa shape index (κ1) is 14.4. The molecule has 1 N–H and O–H groups in total. The van der Waals surface area contributed by atoms with Gasteiger partial charge in [-0.05, 0) is 74.8 Å². The van der Waals surface area contributed by atoms with Crippen LogP contribution in [-0.2, 0) is 6.42 Å². The Morgan fingerprint density at radius 1 is 1.21 bits per heavy atom. The molecule has 0 bridgehead atoms. The highest BCUT2D eigenvalue weighted by Crippen LogP contribution is 2.44. The second kappa shape index (κ2) is 5.54. The fourth-order valence-corrected chi connectivity index (χ4v) is 3.51. The lowest BCUT2D eigenvalue weighted by Gasteiger charge is -2.42. The van der Waals surface area contributed by atoms with Crippen molar-refractivity contribution < 1.29 is 4.74 Å². The lowest BCUT2D eigenvalue weighted by molar-refractivity contribution is 0.133. The molecule has 2 rings (SSSR count). The smallest absolute Gasteiger partial charge is 0.124 e. The van der Waals surface area contributed by atoms with Crippen LogP contribution < -0.4 is 10.1 Å². The second-order valence-electron chi connectivity index (χ2n) is 6.20. The molecule has 0 aromatic heterocycles. The largest absolute Gasteiger partial charge is 0.496 e. The molecule has 1 saturated carbocycles. The van der Waals surface area contributed by atoms with Gasteiger partial charge in [-0.2, -0.15) is 0 Å². The fourth-order valence-electron chi connectivity index (χ4n) is 3.51. The molecule has 0 spiro atoms. The third kappa shape index (κ3) is 2.64. The standard InChI is InChI=1S/C17H27NO/c1-12-9-15(13(2)14(3)16(12)19-5)10-17(11-18-4)7-6-8-17/h9,18H,6-8,10-11H2,1-5H3. The lowest BCUT2D eigenvalue weighted by Crippen LogP contribution is -2.40. The van der Waals surface area contributed by atoms with E-state index in [2.05, 4.69) is 39.2 Å². The summed E-state index contributed by atoms with van der Waals surface area (Å²) in [6.45, 7) is 7.70. The number of nitrogens with one attached hydrogen (secondary N) is 1. The van der Waals surface area contributed by atoms with Gasteiger partial charge in [-0.1, -0.05) is 12.5 Å². The van der Waals surface area contributed by atoms with Crippen LogP contribution >= 0.6 is 0 Å². The molecular weight excluding hydrogens is 234 g/mol. The lowest BCUT2D eigenvalue weighted by atomic mass is 9.65. The minimum absolute atomic E-state index is 0.493. The molecule has 106 valence electrons. The van der Waals surface area contributed by atoms with Crippen LogP contribution in [0.3, 0.4) is 0 Å². The molecule has 0 atom stereocenters.